The van der Waals surface area contributed by atoms with Crippen LogP contribution in [-0.4, -0.2) is 20.4 Å². The van der Waals surface area contributed by atoms with Crippen molar-refractivity contribution in [3.05, 3.63) is 35.9 Å². The predicted molar refractivity (Wildman–Crippen MR) is 59.4 cm³/mol. The topological polar surface area (TPSA) is 115 Å². The van der Waals surface area contributed by atoms with Crippen LogP contribution in [0.15, 0.2) is 30.3 Å². The van der Waals surface area contributed by atoms with E-state index in [4.69, 9.17) is 5.73 Å². The molecule has 0 aliphatic carbocycles. The van der Waals surface area contributed by atoms with Gasteiger partial charge in [-0.1, -0.05) is 30.3 Å². The Morgan fingerprint density at radius 3 is 2.38 bits per heavy atom. The van der Waals surface area contributed by atoms with Crippen molar-refractivity contribution in [2.24, 2.45) is 10.9 Å². The van der Waals surface area contributed by atoms with Crippen LogP contribution in [0.2, 0.25) is 0 Å². The summed E-state index contributed by atoms with van der Waals surface area (Å²) in [5.41, 5.74) is 6.37. The number of rotatable bonds is 4. The highest BCUT2D eigenvalue weighted by Crippen LogP contribution is 2.01. The molecule has 0 spiro atoms. The maximum atomic E-state index is 11.3. The van der Waals surface area contributed by atoms with Crippen LogP contribution in [0, 0.1) is 0 Å². The van der Waals surface area contributed by atoms with E-state index in [0.717, 1.165) is 5.56 Å². The van der Waals surface area contributed by atoms with Gasteiger partial charge < -0.3 is 5.73 Å². The number of carbonyl (C=O) groups is 1. The molecule has 5 N–H and O–H groups in total. The minimum Gasteiger partial charge on any atom is -0.320 e. The van der Waals surface area contributed by atoms with Gasteiger partial charge in [-0.3, -0.25) is 4.79 Å². The molecule has 0 aromatic heterocycles. The molecule has 0 unspecified atom stereocenters. The zero-order chi connectivity index (χ0) is 12.2. The van der Waals surface area contributed by atoms with Crippen molar-refractivity contribution in [3.8, 4) is 0 Å². The standard InChI is InChI=1S/C9H13N3O3S/c10-8(9(13)12-16(11,14)15)6-7-4-2-1-3-5-7/h1-5,8H,6,10H2,(H,12,13)(H2,11,14,15)/t8-/m0/s1. The number of nitrogens with two attached hydrogens (primary N) is 2. The molecule has 88 valence electrons. The molecule has 0 saturated carbocycles. The Morgan fingerprint density at radius 1 is 1.31 bits per heavy atom. The lowest BCUT2D eigenvalue weighted by atomic mass is 10.1. The molecule has 1 amide bonds. The number of hydrogen-bond donors (Lipinski definition) is 3. The number of benzene rings is 1. The lowest BCUT2D eigenvalue weighted by molar-refractivity contribution is -0.120. The predicted octanol–water partition coefficient (Wildman–Crippen LogP) is -1.12. The van der Waals surface area contributed by atoms with Gasteiger partial charge in [0.15, 0.2) is 0 Å². The van der Waals surface area contributed by atoms with Crippen LogP contribution in [0.3, 0.4) is 0 Å². The monoisotopic (exact) mass is 243 g/mol. The average molecular weight is 243 g/mol. The van der Waals surface area contributed by atoms with E-state index in [9.17, 15) is 13.2 Å². The smallest absolute Gasteiger partial charge is 0.298 e. The van der Waals surface area contributed by atoms with Crippen molar-refractivity contribution in [3.63, 3.8) is 0 Å². The highest BCUT2D eigenvalue weighted by molar-refractivity contribution is 7.87. The van der Waals surface area contributed by atoms with Gasteiger partial charge in [-0.05, 0) is 12.0 Å². The molecular formula is C9H13N3O3S. The van der Waals surface area contributed by atoms with Crippen molar-refractivity contribution in [2.45, 2.75) is 12.5 Å². The van der Waals surface area contributed by atoms with Gasteiger partial charge in [-0.2, -0.15) is 8.42 Å². The third-order valence-corrected chi connectivity index (χ3v) is 2.36. The molecule has 0 heterocycles. The van der Waals surface area contributed by atoms with E-state index in [0.29, 0.717) is 0 Å². The van der Waals surface area contributed by atoms with Gasteiger partial charge in [0, 0.05) is 0 Å². The Labute approximate surface area is 93.8 Å². The van der Waals surface area contributed by atoms with E-state index in [1.807, 2.05) is 6.07 Å². The maximum Gasteiger partial charge on any atom is 0.298 e. The van der Waals surface area contributed by atoms with Crippen LogP contribution >= 0.6 is 0 Å². The van der Waals surface area contributed by atoms with Crippen LogP contribution in [-0.2, 0) is 21.4 Å². The molecule has 1 atom stereocenters. The van der Waals surface area contributed by atoms with E-state index in [2.05, 4.69) is 5.14 Å². The summed E-state index contributed by atoms with van der Waals surface area (Å²) in [5.74, 6) is -0.814. The first-order valence-corrected chi connectivity index (χ1v) is 6.07. The van der Waals surface area contributed by atoms with Crippen molar-refractivity contribution in [2.75, 3.05) is 0 Å². The number of nitrogens with one attached hydrogen (secondary N) is 1. The molecular weight excluding hydrogens is 230 g/mol. The van der Waals surface area contributed by atoms with E-state index in [1.54, 1.807) is 29.0 Å². The Balaban J connectivity index is 2.60. The SMILES string of the molecule is N[C@@H](Cc1ccccc1)C(=O)NS(N)(=O)=O. The molecule has 0 bridgehead atoms. The van der Waals surface area contributed by atoms with E-state index in [1.165, 1.54) is 0 Å². The Hall–Kier alpha value is -1.44. The first-order chi connectivity index (χ1) is 7.38. The summed E-state index contributed by atoms with van der Waals surface area (Å²) in [7, 11) is -4.04. The molecule has 0 aliphatic rings. The third-order valence-electron chi connectivity index (χ3n) is 1.88. The van der Waals surface area contributed by atoms with Crippen molar-refractivity contribution < 1.29 is 13.2 Å². The Morgan fingerprint density at radius 2 is 1.88 bits per heavy atom. The van der Waals surface area contributed by atoms with E-state index >= 15 is 0 Å². The third kappa shape index (κ3) is 4.39. The second-order valence-corrected chi connectivity index (χ2v) is 4.60. The van der Waals surface area contributed by atoms with Gasteiger partial charge in [-0.15, -0.1) is 0 Å². The van der Waals surface area contributed by atoms with Crippen LogP contribution in [0.25, 0.3) is 0 Å². The summed E-state index contributed by atoms with van der Waals surface area (Å²) in [6.07, 6.45) is 0.252. The fourth-order valence-electron chi connectivity index (χ4n) is 1.18. The van der Waals surface area contributed by atoms with Gasteiger partial charge in [0.25, 0.3) is 16.1 Å². The summed E-state index contributed by atoms with van der Waals surface area (Å²) in [4.78, 5) is 11.3. The largest absolute Gasteiger partial charge is 0.320 e. The summed E-state index contributed by atoms with van der Waals surface area (Å²) in [6, 6.07) is 8.09. The van der Waals surface area contributed by atoms with Gasteiger partial charge in [-0.25, -0.2) is 9.86 Å². The molecule has 6 nitrogen and oxygen atoms in total. The lowest BCUT2D eigenvalue weighted by Crippen LogP contribution is -2.46. The Kier molecular flexibility index (Phi) is 3.99. The summed E-state index contributed by atoms with van der Waals surface area (Å²) < 4.78 is 22.8. The first-order valence-electron chi connectivity index (χ1n) is 4.52. The molecule has 1 aromatic rings. The average Bonchev–Trinajstić information content (AvgIpc) is 2.16. The zero-order valence-corrected chi connectivity index (χ0v) is 9.28. The van der Waals surface area contributed by atoms with Crippen molar-refractivity contribution in [1.29, 1.82) is 0 Å². The highest BCUT2D eigenvalue weighted by Gasteiger charge is 2.17. The van der Waals surface area contributed by atoms with Crippen molar-refractivity contribution >= 4 is 16.1 Å². The minimum atomic E-state index is -4.04. The molecule has 16 heavy (non-hydrogen) atoms. The first kappa shape index (κ1) is 12.6. The quantitative estimate of drug-likeness (QED) is 0.621. The number of amides is 1. The molecule has 0 aliphatic heterocycles. The fraction of sp³-hybridized carbons (Fsp3) is 0.222. The summed E-state index contributed by atoms with van der Waals surface area (Å²) >= 11 is 0. The molecule has 0 saturated heterocycles. The normalized spacial score (nSPS) is 13.1. The van der Waals surface area contributed by atoms with Gasteiger partial charge in [0.2, 0.25) is 0 Å². The van der Waals surface area contributed by atoms with Crippen LogP contribution in [0.4, 0.5) is 0 Å². The molecule has 0 fully saturated rings. The fourth-order valence-corrected chi connectivity index (χ4v) is 1.61. The van der Waals surface area contributed by atoms with Crippen LogP contribution < -0.4 is 15.6 Å². The zero-order valence-electron chi connectivity index (χ0n) is 8.46. The lowest BCUT2D eigenvalue weighted by Gasteiger charge is -2.10. The number of hydrogen-bond acceptors (Lipinski definition) is 4. The molecule has 7 heteroatoms. The van der Waals surface area contributed by atoms with Gasteiger partial charge in [0.05, 0.1) is 6.04 Å². The Bertz CT molecular complexity index is 458. The molecule has 1 aromatic carbocycles. The second kappa shape index (κ2) is 5.06. The molecule has 0 radical (unpaired) electrons. The van der Waals surface area contributed by atoms with Gasteiger partial charge >= 0.3 is 0 Å². The summed E-state index contributed by atoms with van der Waals surface area (Å²) in [6.45, 7) is 0. The van der Waals surface area contributed by atoms with E-state index < -0.39 is 22.2 Å². The molecule has 1 rings (SSSR count). The highest BCUT2D eigenvalue weighted by atomic mass is 32.2. The van der Waals surface area contributed by atoms with Crippen LogP contribution in [0.5, 0.6) is 0 Å². The van der Waals surface area contributed by atoms with E-state index in [-0.39, 0.29) is 6.42 Å². The van der Waals surface area contributed by atoms with Crippen molar-refractivity contribution in [1.82, 2.24) is 4.72 Å². The van der Waals surface area contributed by atoms with Gasteiger partial charge in [0.1, 0.15) is 0 Å². The second-order valence-electron chi connectivity index (χ2n) is 3.31. The minimum absolute atomic E-state index is 0.252. The maximum absolute atomic E-state index is 11.3. The van der Waals surface area contributed by atoms with Crippen LogP contribution in [0.1, 0.15) is 5.56 Å². The number of carbonyl (C=O) groups excluding carboxylic acids is 1. The summed E-state index contributed by atoms with van der Waals surface area (Å²) in [5, 5.41) is 4.65.